The average Bonchev–Trinajstić information content (AvgIpc) is 2.89. The lowest BCUT2D eigenvalue weighted by Gasteiger charge is -2.14. The van der Waals surface area contributed by atoms with Crippen LogP contribution in [0, 0.1) is 5.92 Å². The van der Waals surface area contributed by atoms with Crippen LogP contribution in [0.25, 0.3) is 0 Å². The minimum atomic E-state index is -0.353. The number of hydrogen-bond acceptors (Lipinski definition) is 4. The number of benzene rings is 1. The number of nitrogens with one attached hydrogen (secondary N) is 2. The molecule has 0 saturated heterocycles. The maximum atomic E-state index is 12.2. The third kappa shape index (κ3) is 5.41. The zero-order chi connectivity index (χ0) is 16.8. The van der Waals surface area contributed by atoms with E-state index >= 15 is 0 Å². The normalized spacial score (nSPS) is 13.4. The average molecular weight is 316 g/mol. The number of aliphatic hydroxyl groups excluding tert-OH is 1. The minimum absolute atomic E-state index is 0.114. The Hall–Kier alpha value is -2.34. The third-order valence-corrected chi connectivity index (χ3v) is 3.47. The Morgan fingerprint density at radius 3 is 2.78 bits per heavy atom. The Balaban J connectivity index is 1.94. The number of carbonyl (C=O) groups is 1. The van der Waals surface area contributed by atoms with Crippen molar-refractivity contribution in [1.82, 2.24) is 15.1 Å². The van der Waals surface area contributed by atoms with Gasteiger partial charge in [0.25, 0.3) is 5.91 Å². The lowest BCUT2D eigenvalue weighted by atomic mass is 10.0. The summed E-state index contributed by atoms with van der Waals surface area (Å²) in [6, 6.07) is 7.33. The first-order chi connectivity index (χ1) is 10.9. The number of anilines is 2. The largest absolute Gasteiger partial charge is 0.393 e. The first-order valence-electron chi connectivity index (χ1n) is 7.76. The molecule has 2 atom stereocenters. The maximum absolute atomic E-state index is 12.2. The summed E-state index contributed by atoms with van der Waals surface area (Å²) < 4.78 is 1.71. The second-order valence-corrected chi connectivity index (χ2v) is 6.01. The number of hydrogen-bond donors (Lipinski definition) is 3. The highest BCUT2D eigenvalue weighted by Crippen LogP contribution is 2.17. The summed E-state index contributed by atoms with van der Waals surface area (Å²) in [5, 5.41) is 19.6. The Kier molecular flexibility index (Phi) is 5.76. The van der Waals surface area contributed by atoms with Crippen molar-refractivity contribution in [3.63, 3.8) is 0 Å². The molecule has 0 fully saturated rings. The van der Waals surface area contributed by atoms with Gasteiger partial charge in [-0.15, -0.1) is 0 Å². The molecular weight excluding hydrogens is 292 g/mol. The van der Waals surface area contributed by atoms with Gasteiger partial charge in [0.15, 0.2) is 0 Å². The van der Waals surface area contributed by atoms with Crippen molar-refractivity contribution < 1.29 is 9.90 Å². The van der Waals surface area contributed by atoms with E-state index in [1.807, 2.05) is 38.4 Å². The number of aromatic nitrogens is 2. The summed E-state index contributed by atoms with van der Waals surface area (Å²) in [5.41, 5.74) is 2.31. The molecule has 0 saturated carbocycles. The molecule has 2 rings (SSSR count). The van der Waals surface area contributed by atoms with Crippen molar-refractivity contribution in [2.24, 2.45) is 13.0 Å². The van der Waals surface area contributed by atoms with Gasteiger partial charge in [0.05, 0.1) is 18.0 Å². The molecule has 0 spiro atoms. The number of carbonyl (C=O) groups excluding carboxylic acids is 1. The van der Waals surface area contributed by atoms with E-state index in [4.69, 9.17) is 0 Å². The van der Waals surface area contributed by atoms with Gasteiger partial charge < -0.3 is 15.7 Å². The van der Waals surface area contributed by atoms with Crippen molar-refractivity contribution in [1.29, 1.82) is 0 Å². The topological polar surface area (TPSA) is 79.2 Å². The third-order valence-electron chi connectivity index (χ3n) is 3.47. The summed E-state index contributed by atoms with van der Waals surface area (Å²) in [4.78, 5) is 12.2. The van der Waals surface area contributed by atoms with Gasteiger partial charge in [-0.1, -0.05) is 13.0 Å². The van der Waals surface area contributed by atoms with Crippen molar-refractivity contribution in [3.8, 4) is 0 Å². The van der Waals surface area contributed by atoms with Crippen molar-refractivity contribution in [2.45, 2.75) is 26.4 Å². The standard InChI is InChI=1S/C17H24N4O2/c1-12(7-13(2)22)9-18-17(23)14-5-4-6-15(8-14)20-16-10-19-21(3)11-16/h4-6,8,10-13,20,22H,7,9H2,1-3H3,(H,18,23). The second-order valence-electron chi connectivity index (χ2n) is 6.01. The molecule has 1 aromatic heterocycles. The van der Waals surface area contributed by atoms with Gasteiger partial charge in [0, 0.05) is 31.0 Å². The van der Waals surface area contributed by atoms with Crippen LogP contribution in [0.3, 0.4) is 0 Å². The lowest BCUT2D eigenvalue weighted by molar-refractivity contribution is 0.0939. The van der Waals surface area contributed by atoms with E-state index in [0.29, 0.717) is 18.5 Å². The van der Waals surface area contributed by atoms with Crippen LogP contribution in [0.5, 0.6) is 0 Å². The number of nitrogens with zero attached hydrogens (tertiary/aromatic N) is 2. The van der Waals surface area contributed by atoms with Crippen LogP contribution in [-0.4, -0.2) is 33.4 Å². The summed E-state index contributed by atoms with van der Waals surface area (Å²) in [6.07, 6.45) is 3.91. The minimum Gasteiger partial charge on any atom is -0.393 e. The molecule has 124 valence electrons. The molecule has 0 aliphatic rings. The predicted octanol–water partition coefficient (Wildman–Crippen LogP) is 2.30. The van der Waals surface area contributed by atoms with E-state index in [9.17, 15) is 9.90 Å². The van der Waals surface area contributed by atoms with E-state index < -0.39 is 0 Å². The fourth-order valence-corrected chi connectivity index (χ4v) is 2.43. The van der Waals surface area contributed by atoms with Gasteiger partial charge in [0.2, 0.25) is 0 Å². The maximum Gasteiger partial charge on any atom is 0.251 e. The van der Waals surface area contributed by atoms with Crippen LogP contribution >= 0.6 is 0 Å². The lowest BCUT2D eigenvalue weighted by Crippen LogP contribution is -2.29. The molecule has 23 heavy (non-hydrogen) atoms. The molecule has 3 N–H and O–H groups in total. The summed E-state index contributed by atoms with van der Waals surface area (Å²) >= 11 is 0. The summed E-state index contributed by atoms with van der Waals surface area (Å²) in [7, 11) is 1.85. The Morgan fingerprint density at radius 2 is 2.13 bits per heavy atom. The molecule has 6 nitrogen and oxygen atoms in total. The zero-order valence-corrected chi connectivity index (χ0v) is 13.8. The Bertz CT molecular complexity index is 652. The highest BCUT2D eigenvalue weighted by molar-refractivity contribution is 5.95. The van der Waals surface area contributed by atoms with E-state index in [0.717, 1.165) is 11.4 Å². The molecule has 0 aliphatic carbocycles. The molecule has 0 aliphatic heterocycles. The van der Waals surface area contributed by atoms with Gasteiger partial charge >= 0.3 is 0 Å². The first kappa shape index (κ1) is 17.0. The predicted molar refractivity (Wildman–Crippen MR) is 90.7 cm³/mol. The molecule has 1 aromatic carbocycles. The quantitative estimate of drug-likeness (QED) is 0.732. The molecule has 2 unspecified atom stereocenters. The highest BCUT2D eigenvalue weighted by atomic mass is 16.3. The number of aryl methyl sites for hydroxylation is 1. The monoisotopic (exact) mass is 316 g/mol. The smallest absolute Gasteiger partial charge is 0.251 e. The number of aliphatic hydroxyl groups is 1. The Labute approximate surface area is 136 Å². The first-order valence-corrected chi connectivity index (χ1v) is 7.76. The molecule has 1 heterocycles. The van der Waals surface area contributed by atoms with Crippen LogP contribution in [0.1, 0.15) is 30.6 Å². The fourth-order valence-electron chi connectivity index (χ4n) is 2.43. The van der Waals surface area contributed by atoms with Gasteiger partial charge in [0.1, 0.15) is 0 Å². The Morgan fingerprint density at radius 1 is 1.35 bits per heavy atom. The number of rotatable bonds is 7. The molecule has 2 aromatic rings. The van der Waals surface area contributed by atoms with Crippen LogP contribution < -0.4 is 10.6 Å². The van der Waals surface area contributed by atoms with E-state index in [1.165, 1.54) is 0 Å². The van der Waals surface area contributed by atoms with Gasteiger partial charge in [-0.2, -0.15) is 5.10 Å². The molecule has 0 bridgehead atoms. The molecular formula is C17H24N4O2. The van der Waals surface area contributed by atoms with Crippen LogP contribution in [0.2, 0.25) is 0 Å². The van der Waals surface area contributed by atoms with E-state index in [2.05, 4.69) is 15.7 Å². The second kappa shape index (κ2) is 7.78. The SMILES string of the molecule is CC(O)CC(C)CNC(=O)c1cccc(Nc2cnn(C)c2)c1. The molecule has 0 radical (unpaired) electrons. The highest BCUT2D eigenvalue weighted by Gasteiger charge is 2.10. The van der Waals surface area contributed by atoms with Crippen molar-refractivity contribution in [3.05, 3.63) is 42.2 Å². The van der Waals surface area contributed by atoms with Gasteiger partial charge in [-0.25, -0.2) is 0 Å². The fraction of sp³-hybridized carbons (Fsp3) is 0.412. The van der Waals surface area contributed by atoms with Gasteiger partial charge in [-0.3, -0.25) is 9.48 Å². The zero-order valence-electron chi connectivity index (χ0n) is 13.8. The van der Waals surface area contributed by atoms with Crippen molar-refractivity contribution in [2.75, 3.05) is 11.9 Å². The summed E-state index contributed by atoms with van der Waals surface area (Å²) in [5.74, 6) is 0.118. The van der Waals surface area contributed by atoms with Crippen LogP contribution in [0.15, 0.2) is 36.7 Å². The molecule has 6 heteroatoms. The van der Waals surface area contributed by atoms with Crippen molar-refractivity contribution >= 4 is 17.3 Å². The molecule has 1 amide bonds. The van der Waals surface area contributed by atoms with Crippen LogP contribution in [-0.2, 0) is 7.05 Å². The number of amides is 1. The van der Waals surface area contributed by atoms with Gasteiger partial charge in [-0.05, 0) is 37.5 Å². The van der Waals surface area contributed by atoms with Crippen LogP contribution in [0.4, 0.5) is 11.4 Å². The van der Waals surface area contributed by atoms with E-state index in [-0.39, 0.29) is 17.9 Å². The summed E-state index contributed by atoms with van der Waals surface area (Å²) in [6.45, 7) is 4.31. The van der Waals surface area contributed by atoms with E-state index in [1.54, 1.807) is 23.9 Å².